The predicted octanol–water partition coefficient (Wildman–Crippen LogP) is 1.39. The van der Waals surface area contributed by atoms with Crippen LogP contribution in [0, 0.1) is 0 Å². The molecule has 1 aromatic carbocycles. The average molecular weight is 327 g/mol. The van der Waals surface area contributed by atoms with Crippen LogP contribution in [0.5, 0.6) is 0 Å². The Morgan fingerprint density at radius 2 is 2.04 bits per heavy atom. The number of rotatable bonds is 4. The molecule has 1 saturated heterocycles. The molecular formula is C19H25N3O2. The number of nitrogens with zero attached hydrogens (tertiary/aromatic N) is 1. The van der Waals surface area contributed by atoms with E-state index in [1.807, 2.05) is 24.3 Å². The quantitative estimate of drug-likeness (QED) is 0.876. The van der Waals surface area contributed by atoms with Crippen LogP contribution >= 0.6 is 0 Å². The Morgan fingerprint density at radius 3 is 2.71 bits per heavy atom. The molecule has 1 spiro atoms. The third-order valence-corrected chi connectivity index (χ3v) is 5.21. The molecule has 0 aromatic heterocycles. The van der Waals surface area contributed by atoms with Gasteiger partial charge in [-0.3, -0.25) is 14.5 Å². The predicted molar refractivity (Wildman–Crippen MR) is 93.2 cm³/mol. The van der Waals surface area contributed by atoms with Gasteiger partial charge in [-0.05, 0) is 36.8 Å². The largest absolute Gasteiger partial charge is 0.354 e. The maximum absolute atomic E-state index is 12.7. The van der Waals surface area contributed by atoms with Gasteiger partial charge >= 0.3 is 0 Å². The second-order valence-corrected chi connectivity index (χ2v) is 6.59. The van der Waals surface area contributed by atoms with Crippen LogP contribution in [-0.4, -0.2) is 41.8 Å². The number of benzene rings is 1. The number of carbonyl (C=O) groups excluding carboxylic acids is 2. The molecule has 0 radical (unpaired) electrons. The minimum absolute atomic E-state index is 0.0000597. The van der Waals surface area contributed by atoms with Crippen molar-refractivity contribution in [1.29, 1.82) is 0 Å². The van der Waals surface area contributed by atoms with Crippen molar-refractivity contribution in [2.75, 3.05) is 19.6 Å². The highest BCUT2D eigenvalue weighted by molar-refractivity contribution is 5.97. The fraction of sp³-hybridized carbons (Fsp3) is 0.474. The van der Waals surface area contributed by atoms with Crippen molar-refractivity contribution < 1.29 is 9.59 Å². The molecule has 128 valence electrons. The lowest BCUT2D eigenvalue weighted by Gasteiger charge is -2.40. The summed E-state index contributed by atoms with van der Waals surface area (Å²) in [6, 6.07) is 10.2. The monoisotopic (exact) mass is 327 g/mol. The van der Waals surface area contributed by atoms with Crippen LogP contribution in [0.3, 0.4) is 0 Å². The molecule has 1 aromatic rings. The van der Waals surface area contributed by atoms with Gasteiger partial charge in [-0.2, -0.15) is 0 Å². The molecule has 1 fully saturated rings. The molecule has 5 nitrogen and oxygen atoms in total. The van der Waals surface area contributed by atoms with Crippen molar-refractivity contribution in [3.63, 3.8) is 0 Å². The first-order valence-corrected chi connectivity index (χ1v) is 8.65. The number of Topliss-reactive ketones (excluding diaryl/α,β-unsaturated/α-hetero) is 1. The van der Waals surface area contributed by atoms with E-state index in [1.165, 1.54) is 5.56 Å². The van der Waals surface area contributed by atoms with Crippen molar-refractivity contribution in [1.82, 2.24) is 10.2 Å². The fourth-order valence-corrected chi connectivity index (χ4v) is 3.83. The second-order valence-electron chi connectivity index (χ2n) is 6.59. The second kappa shape index (κ2) is 7.28. The third-order valence-electron chi connectivity index (χ3n) is 5.21. The molecule has 2 aliphatic rings. The van der Waals surface area contributed by atoms with Crippen molar-refractivity contribution in [3.05, 3.63) is 47.5 Å². The van der Waals surface area contributed by atoms with Gasteiger partial charge in [-0.1, -0.05) is 36.4 Å². The zero-order chi connectivity index (χ0) is 17.0. The van der Waals surface area contributed by atoms with Crippen molar-refractivity contribution in [2.45, 2.75) is 37.8 Å². The Bertz CT molecular complexity index is 641. The highest BCUT2D eigenvalue weighted by Gasteiger charge is 2.47. The van der Waals surface area contributed by atoms with Crippen molar-refractivity contribution >= 4 is 11.7 Å². The summed E-state index contributed by atoms with van der Waals surface area (Å²) < 4.78 is 0. The van der Waals surface area contributed by atoms with E-state index in [9.17, 15) is 9.59 Å². The number of nitrogens with two attached hydrogens (primary N) is 1. The van der Waals surface area contributed by atoms with Crippen LogP contribution in [0.25, 0.3) is 0 Å². The first-order valence-electron chi connectivity index (χ1n) is 8.65. The minimum Gasteiger partial charge on any atom is -0.354 e. The average Bonchev–Trinajstić information content (AvgIpc) is 2.97. The Balaban J connectivity index is 1.87. The lowest BCUT2D eigenvalue weighted by molar-refractivity contribution is -0.131. The van der Waals surface area contributed by atoms with Crippen molar-refractivity contribution in [2.24, 2.45) is 5.73 Å². The van der Waals surface area contributed by atoms with E-state index in [1.54, 1.807) is 0 Å². The minimum atomic E-state index is -0.510. The zero-order valence-electron chi connectivity index (χ0n) is 14.0. The number of ketones is 1. The molecule has 1 atom stereocenters. The summed E-state index contributed by atoms with van der Waals surface area (Å²) in [5.41, 5.74) is 7.00. The molecule has 2 heterocycles. The van der Waals surface area contributed by atoms with Crippen LogP contribution in [0.15, 0.2) is 42.0 Å². The van der Waals surface area contributed by atoms with Crippen LogP contribution in [0.1, 0.15) is 31.2 Å². The lowest BCUT2D eigenvalue weighted by Crippen LogP contribution is -2.54. The van der Waals surface area contributed by atoms with E-state index in [-0.39, 0.29) is 18.2 Å². The molecule has 24 heavy (non-hydrogen) atoms. The summed E-state index contributed by atoms with van der Waals surface area (Å²) in [7, 11) is 0. The van der Waals surface area contributed by atoms with Crippen LogP contribution < -0.4 is 11.1 Å². The molecule has 0 bridgehead atoms. The van der Waals surface area contributed by atoms with Gasteiger partial charge < -0.3 is 11.1 Å². The molecule has 3 N–H and O–H groups in total. The summed E-state index contributed by atoms with van der Waals surface area (Å²) >= 11 is 0. The molecule has 0 aliphatic carbocycles. The number of carbonyl (C=O) groups is 2. The normalized spacial score (nSPS) is 27.2. The maximum Gasteiger partial charge on any atom is 0.240 e. The van der Waals surface area contributed by atoms with Gasteiger partial charge in [0.05, 0.1) is 6.54 Å². The Labute approximate surface area is 142 Å². The number of amides is 1. The third kappa shape index (κ3) is 3.28. The Hall–Kier alpha value is -1.98. The Morgan fingerprint density at radius 1 is 1.25 bits per heavy atom. The SMILES string of the molecule is NCC(=O)/C1=C\CCN(Cc2ccccc2)C2(CCNC2=O)CC1. The highest BCUT2D eigenvalue weighted by atomic mass is 16.2. The first-order chi connectivity index (χ1) is 11.7. The van der Waals surface area contributed by atoms with E-state index < -0.39 is 5.54 Å². The van der Waals surface area contributed by atoms with Gasteiger partial charge in [0, 0.05) is 19.6 Å². The van der Waals surface area contributed by atoms with E-state index in [0.29, 0.717) is 19.4 Å². The molecule has 2 aliphatic heterocycles. The smallest absolute Gasteiger partial charge is 0.240 e. The Kier molecular flexibility index (Phi) is 5.11. The summed E-state index contributed by atoms with van der Waals surface area (Å²) in [5.74, 6) is 0.0972. The van der Waals surface area contributed by atoms with Crippen LogP contribution in [0.2, 0.25) is 0 Å². The van der Waals surface area contributed by atoms with Crippen LogP contribution in [0.4, 0.5) is 0 Å². The molecule has 0 saturated carbocycles. The summed E-state index contributed by atoms with van der Waals surface area (Å²) in [6.07, 6.45) is 4.86. The molecule has 1 unspecified atom stereocenters. The van der Waals surface area contributed by atoms with E-state index >= 15 is 0 Å². The van der Waals surface area contributed by atoms with Crippen LogP contribution in [-0.2, 0) is 16.1 Å². The molecular weight excluding hydrogens is 302 g/mol. The number of hydrogen-bond acceptors (Lipinski definition) is 4. The van der Waals surface area contributed by atoms with Gasteiger partial charge in [-0.15, -0.1) is 0 Å². The van der Waals surface area contributed by atoms with Crippen molar-refractivity contribution in [3.8, 4) is 0 Å². The van der Waals surface area contributed by atoms with E-state index in [0.717, 1.165) is 31.5 Å². The standard InChI is InChI=1S/C19H25N3O2/c20-13-17(23)16-7-4-12-22(14-15-5-2-1-3-6-15)19(9-8-16)10-11-21-18(19)24/h1-3,5-7H,4,8-14,20H2,(H,21,24)/b16-7-. The number of nitrogens with one attached hydrogen (secondary N) is 1. The fourth-order valence-electron chi connectivity index (χ4n) is 3.83. The zero-order valence-corrected chi connectivity index (χ0v) is 14.0. The molecule has 3 rings (SSSR count). The summed E-state index contributed by atoms with van der Waals surface area (Å²) in [6.45, 7) is 2.26. The molecule has 5 heteroatoms. The number of hydrogen-bond donors (Lipinski definition) is 2. The van der Waals surface area contributed by atoms with Gasteiger partial charge in [-0.25, -0.2) is 0 Å². The molecule has 1 amide bonds. The van der Waals surface area contributed by atoms with Gasteiger partial charge in [0.15, 0.2) is 5.78 Å². The van der Waals surface area contributed by atoms with E-state index in [2.05, 4.69) is 22.3 Å². The summed E-state index contributed by atoms with van der Waals surface area (Å²) in [5, 5.41) is 2.99. The van der Waals surface area contributed by atoms with Gasteiger partial charge in [0.1, 0.15) is 5.54 Å². The maximum atomic E-state index is 12.7. The summed E-state index contributed by atoms with van der Waals surface area (Å²) in [4.78, 5) is 27.0. The van der Waals surface area contributed by atoms with Gasteiger partial charge in [0.25, 0.3) is 0 Å². The topological polar surface area (TPSA) is 75.4 Å². The van der Waals surface area contributed by atoms with E-state index in [4.69, 9.17) is 5.73 Å². The lowest BCUT2D eigenvalue weighted by atomic mass is 9.84. The first kappa shape index (κ1) is 16.9. The van der Waals surface area contributed by atoms with Gasteiger partial charge in [0.2, 0.25) is 5.91 Å². The highest BCUT2D eigenvalue weighted by Crippen LogP contribution is 2.34.